The van der Waals surface area contributed by atoms with Crippen LogP contribution in [-0.2, 0) is 4.79 Å². The van der Waals surface area contributed by atoms with E-state index in [1.54, 1.807) is 0 Å². The summed E-state index contributed by atoms with van der Waals surface area (Å²) < 4.78 is 0.954. The molecule has 3 nitrogen and oxygen atoms in total. The van der Waals surface area contributed by atoms with Crippen molar-refractivity contribution in [2.24, 2.45) is 5.92 Å². The van der Waals surface area contributed by atoms with E-state index in [9.17, 15) is 4.79 Å². The number of carbonyl (C=O) groups is 1. The van der Waals surface area contributed by atoms with Gasteiger partial charge in [-0.3, -0.25) is 4.79 Å². The monoisotopic (exact) mass is 296 g/mol. The molecule has 1 aliphatic rings. The van der Waals surface area contributed by atoms with E-state index in [1.807, 2.05) is 25.1 Å². The lowest BCUT2D eigenvalue weighted by molar-refractivity contribution is -0.115. The Morgan fingerprint density at radius 3 is 2.94 bits per heavy atom. The molecule has 0 bridgehead atoms. The first kappa shape index (κ1) is 12.6. The zero-order valence-corrected chi connectivity index (χ0v) is 11.5. The number of hydrogen-bond donors (Lipinski definition) is 2. The topological polar surface area (TPSA) is 41.1 Å². The van der Waals surface area contributed by atoms with Gasteiger partial charge in [0.2, 0.25) is 5.91 Å². The molecule has 0 unspecified atom stereocenters. The lowest BCUT2D eigenvalue weighted by atomic mass is 10.2. The fraction of sp³-hybridized carbons (Fsp3) is 0.462. The van der Waals surface area contributed by atoms with E-state index in [0.717, 1.165) is 28.2 Å². The maximum atomic E-state index is 11.7. The quantitative estimate of drug-likeness (QED) is 0.877. The SMILES string of the molecule is Cc1cccc(NC(=O)CNCC2CC2)c1Br. The van der Waals surface area contributed by atoms with Crippen molar-refractivity contribution in [1.29, 1.82) is 0 Å². The summed E-state index contributed by atoms with van der Waals surface area (Å²) in [5.41, 5.74) is 1.96. The van der Waals surface area contributed by atoms with E-state index >= 15 is 0 Å². The van der Waals surface area contributed by atoms with Crippen LogP contribution < -0.4 is 10.6 Å². The summed E-state index contributed by atoms with van der Waals surface area (Å²) in [4.78, 5) is 11.7. The number of carbonyl (C=O) groups excluding carboxylic acids is 1. The first-order valence-electron chi connectivity index (χ1n) is 5.92. The molecule has 1 aliphatic carbocycles. The molecule has 1 saturated carbocycles. The second-order valence-corrected chi connectivity index (χ2v) is 5.35. The molecule has 1 fully saturated rings. The molecule has 0 spiro atoms. The predicted octanol–water partition coefficient (Wildman–Crippen LogP) is 2.70. The third-order valence-electron chi connectivity index (χ3n) is 2.88. The first-order valence-corrected chi connectivity index (χ1v) is 6.72. The van der Waals surface area contributed by atoms with Crippen molar-refractivity contribution < 1.29 is 4.79 Å². The van der Waals surface area contributed by atoms with Crippen molar-refractivity contribution >= 4 is 27.5 Å². The van der Waals surface area contributed by atoms with Gasteiger partial charge in [0.25, 0.3) is 0 Å². The summed E-state index contributed by atoms with van der Waals surface area (Å²) in [5, 5.41) is 6.07. The van der Waals surface area contributed by atoms with Crippen molar-refractivity contribution in [1.82, 2.24) is 5.32 Å². The number of hydrogen-bond acceptors (Lipinski definition) is 2. The molecular formula is C13H17BrN2O. The Balaban J connectivity index is 1.82. The average Bonchev–Trinajstić information content (AvgIpc) is 3.09. The van der Waals surface area contributed by atoms with E-state index in [-0.39, 0.29) is 5.91 Å². The fourth-order valence-electron chi connectivity index (χ4n) is 1.65. The summed E-state index contributed by atoms with van der Waals surface area (Å²) in [5.74, 6) is 0.811. The van der Waals surface area contributed by atoms with Crippen molar-refractivity contribution in [2.75, 3.05) is 18.4 Å². The Bertz CT molecular complexity index is 416. The minimum atomic E-state index is 0.0111. The molecule has 0 saturated heterocycles. The number of benzene rings is 1. The molecule has 1 aromatic rings. The Labute approximate surface area is 110 Å². The van der Waals surface area contributed by atoms with Gasteiger partial charge in [0.05, 0.1) is 12.2 Å². The summed E-state index contributed by atoms with van der Waals surface area (Å²) in [6, 6.07) is 5.84. The summed E-state index contributed by atoms with van der Waals surface area (Å²) in [6.45, 7) is 3.35. The molecular weight excluding hydrogens is 280 g/mol. The molecule has 17 heavy (non-hydrogen) atoms. The minimum absolute atomic E-state index is 0.0111. The van der Waals surface area contributed by atoms with Gasteiger partial charge in [0, 0.05) is 4.47 Å². The van der Waals surface area contributed by atoms with E-state index in [4.69, 9.17) is 0 Å². The summed E-state index contributed by atoms with van der Waals surface area (Å²) >= 11 is 3.47. The molecule has 1 aromatic carbocycles. The van der Waals surface area contributed by atoms with Crippen LogP contribution in [0.5, 0.6) is 0 Å². The van der Waals surface area contributed by atoms with Crippen LogP contribution in [0.15, 0.2) is 22.7 Å². The fourth-order valence-corrected chi connectivity index (χ4v) is 2.01. The molecule has 0 aromatic heterocycles. The number of nitrogens with one attached hydrogen (secondary N) is 2. The van der Waals surface area contributed by atoms with Crippen LogP contribution in [0.25, 0.3) is 0 Å². The molecule has 92 valence electrons. The normalized spacial score (nSPS) is 14.7. The van der Waals surface area contributed by atoms with Crippen LogP contribution in [0, 0.1) is 12.8 Å². The van der Waals surface area contributed by atoms with E-state index in [1.165, 1.54) is 12.8 Å². The highest BCUT2D eigenvalue weighted by molar-refractivity contribution is 9.10. The number of amides is 1. The third-order valence-corrected chi connectivity index (χ3v) is 3.93. The van der Waals surface area contributed by atoms with Crippen molar-refractivity contribution in [2.45, 2.75) is 19.8 Å². The lowest BCUT2D eigenvalue weighted by Gasteiger charge is -2.09. The maximum Gasteiger partial charge on any atom is 0.238 e. The highest BCUT2D eigenvalue weighted by Gasteiger charge is 2.20. The minimum Gasteiger partial charge on any atom is -0.324 e. The van der Waals surface area contributed by atoms with Crippen molar-refractivity contribution in [3.05, 3.63) is 28.2 Å². The zero-order chi connectivity index (χ0) is 12.3. The van der Waals surface area contributed by atoms with Gasteiger partial charge in [0.15, 0.2) is 0 Å². The maximum absolute atomic E-state index is 11.7. The van der Waals surface area contributed by atoms with Crippen LogP contribution in [0.2, 0.25) is 0 Å². The Morgan fingerprint density at radius 2 is 2.24 bits per heavy atom. The standard InChI is InChI=1S/C13H17BrN2O/c1-9-3-2-4-11(13(9)14)16-12(17)8-15-7-10-5-6-10/h2-4,10,15H,5-8H2,1H3,(H,16,17). The molecule has 4 heteroatoms. The molecule has 2 N–H and O–H groups in total. The van der Waals surface area contributed by atoms with Crippen molar-refractivity contribution in [3.63, 3.8) is 0 Å². The van der Waals surface area contributed by atoms with Gasteiger partial charge in [0.1, 0.15) is 0 Å². The second-order valence-electron chi connectivity index (χ2n) is 4.56. The summed E-state index contributed by atoms with van der Waals surface area (Å²) in [7, 11) is 0. The molecule has 0 atom stereocenters. The smallest absolute Gasteiger partial charge is 0.238 e. The van der Waals surface area contributed by atoms with Gasteiger partial charge < -0.3 is 10.6 Å². The van der Waals surface area contributed by atoms with E-state index < -0.39 is 0 Å². The highest BCUT2D eigenvalue weighted by atomic mass is 79.9. The Kier molecular flexibility index (Phi) is 4.18. The van der Waals surface area contributed by atoms with Gasteiger partial charge in [-0.1, -0.05) is 12.1 Å². The molecule has 1 amide bonds. The lowest BCUT2D eigenvalue weighted by Crippen LogP contribution is -2.29. The van der Waals surface area contributed by atoms with Gasteiger partial charge in [-0.15, -0.1) is 0 Å². The van der Waals surface area contributed by atoms with Crippen molar-refractivity contribution in [3.8, 4) is 0 Å². The molecule has 0 radical (unpaired) electrons. The molecule has 2 rings (SSSR count). The Hall–Kier alpha value is -0.870. The number of aryl methyl sites for hydroxylation is 1. The third kappa shape index (κ3) is 3.82. The van der Waals surface area contributed by atoms with Gasteiger partial charge in [-0.2, -0.15) is 0 Å². The molecule has 0 aliphatic heterocycles. The number of halogens is 1. The van der Waals surface area contributed by atoms with Gasteiger partial charge in [-0.05, 0) is 59.8 Å². The van der Waals surface area contributed by atoms with E-state index in [0.29, 0.717) is 6.54 Å². The van der Waals surface area contributed by atoms with Crippen LogP contribution in [0.1, 0.15) is 18.4 Å². The average molecular weight is 297 g/mol. The highest BCUT2D eigenvalue weighted by Crippen LogP contribution is 2.27. The predicted molar refractivity (Wildman–Crippen MR) is 73.1 cm³/mol. The van der Waals surface area contributed by atoms with Crippen LogP contribution in [-0.4, -0.2) is 19.0 Å². The first-order chi connectivity index (χ1) is 8.16. The number of anilines is 1. The Morgan fingerprint density at radius 1 is 1.47 bits per heavy atom. The van der Waals surface area contributed by atoms with Crippen LogP contribution >= 0.6 is 15.9 Å². The second kappa shape index (κ2) is 5.65. The van der Waals surface area contributed by atoms with Crippen LogP contribution in [0.3, 0.4) is 0 Å². The zero-order valence-electron chi connectivity index (χ0n) is 9.92. The molecule has 0 heterocycles. The number of rotatable bonds is 5. The summed E-state index contributed by atoms with van der Waals surface area (Å²) in [6.07, 6.45) is 2.61. The largest absolute Gasteiger partial charge is 0.324 e. The van der Waals surface area contributed by atoms with Crippen LogP contribution in [0.4, 0.5) is 5.69 Å². The van der Waals surface area contributed by atoms with Gasteiger partial charge in [-0.25, -0.2) is 0 Å². The van der Waals surface area contributed by atoms with Gasteiger partial charge >= 0.3 is 0 Å². The van der Waals surface area contributed by atoms with E-state index in [2.05, 4.69) is 26.6 Å².